The predicted molar refractivity (Wildman–Crippen MR) is 76.8 cm³/mol. The molecule has 0 bridgehead atoms. The van der Waals surface area contributed by atoms with Gasteiger partial charge in [0, 0.05) is 0 Å². The van der Waals surface area contributed by atoms with Crippen LogP contribution in [0, 0.1) is 0 Å². The number of alkyl halides is 3. The molecule has 0 aliphatic rings. The van der Waals surface area contributed by atoms with Gasteiger partial charge in [0.1, 0.15) is 5.75 Å². The number of rotatable bonds is 4. The Morgan fingerprint density at radius 1 is 1.14 bits per heavy atom. The van der Waals surface area contributed by atoms with Crippen molar-refractivity contribution in [3.63, 3.8) is 0 Å². The van der Waals surface area contributed by atoms with Gasteiger partial charge in [-0.25, -0.2) is 0 Å². The van der Waals surface area contributed by atoms with E-state index >= 15 is 0 Å². The molecular formula is C16H14F3NO2. The Morgan fingerprint density at radius 2 is 1.86 bits per heavy atom. The number of para-hydroxylation sites is 2. The minimum atomic E-state index is -4.42. The molecule has 6 heteroatoms. The highest BCUT2D eigenvalue weighted by Gasteiger charge is 2.30. The normalized spacial score (nSPS) is 11.1. The molecule has 116 valence electrons. The SMILES string of the molecule is COc1ccccc1NC(=O)Cc1cccc(C(F)(F)F)c1. The van der Waals surface area contributed by atoms with Gasteiger partial charge < -0.3 is 10.1 Å². The van der Waals surface area contributed by atoms with Gasteiger partial charge in [-0.15, -0.1) is 0 Å². The third-order valence-electron chi connectivity index (χ3n) is 3.00. The second kappa shape index (κ2) is 6.51. The van der Waals surface area contributed by atoms with Crippen molar-refractivity contribution in [2.45, 2.75) is 12.6 Å². The molecule has 0 spiro atoms. The Bertz CT molecular complexity index is 668. The van der Waals surface area contributed by atoms with Crippen molar-refractivity contribution in [2.75, 3.05) is 12.4 Å². The maximum atomic E-state index is 12.6. The van der Waals surface area contributed by atoms with Crippen LogP contribution in [0.25, 0.3) is 0 Å². The second-order valence-electron chi connectivity index (χ2n) is 4.62. The van der Waals surface area contributed by atoms with Gasteiger partial charge in [-0.1, -0.05) is 30.3 Å². The number of hydrogen-bond donors (Lipinski definition) is 1. The fourth-order valence-electron chi connectivity index (χ4n) is 1.99. The average molecular weight is 309 g/mol. The first kappa shape index (κ1) is 15.9. The first-order valence-electron chi connectivity index (χ1n) is 6.49. The first-order chi connectivity index (χ1) is 10.4. The van der Waals surface area contributed by atoms with E-state index in [1.165, 1.54) is 19.2 Å². The molecule has 2 aromatic carbocycles. The molecule has 0 radical (unpaired) electrons. The summed E-state index contributed by atoms with van der Waals surface area (Å²) in [5, 5.41) is 2.62. The predicted octanol–water partition coefficient (Wildman–Crippen LogP) is 3.90. The molecule has 2 aromatic rings. The maximum Gasteiger partial charge on any atom is 0.416 e. The van der Waals surface area contributed by atoms with Crippen LogP contribution in [0.5, 0.6) is 5.75 Å². The molecule has 0 saturated carbocycles. The Labute approximate surface area is 125 Å². The lowest BCUT2D eigenvalue weighted by atomic mass is 10.1. The third-order valence-corrected chi connectivity index (χ3v) is 3.00. The minimum Gasteiger partial charge on any atom is -0.495 e. The Morgan fingerprint density at radius 3 is 2.55 bits per heavy atom. The highest BCUT2D eigenvalue weighted by Crippen LogP contribution is 2.29. The van der Waals surface area contributed by atoms with Gasteiger partial charge in [-0.2, -0.15) is 13.2 Å². The largest absolute Gasteiger partial charge is 0.495 e. The van der Waals surface area contributed by atoms with Gasteiger partial charge in [-0.05, 0) is 23.8 Å². The molecule has 0 saturated heterocycles. The van der Waals surface area contributed by atoms with E-state index in [2.05, 4.69) is 5.32 Å². The molecule has 0 aliphatic heterocycles. The minimum absolute atomic E-state index is 0.151. The van der Waals surface area contributed by atoms with Gasteiger partial charge in [0.05, 0.1) is 24.8 Å². The fraction of sp³-hybridized carbons (Fsp3) is 0.188. The van der Waals surface area contributed by atoms with E-state index in [1.54, 1.807) is 24.3 Å². The average Bonchev–Trinajstić information content (AvgIpc) is 2.47. The summed E-state index contributed by atoms with van der Waals surface area (Å²) in [5.41, 5.74) is -0.000657. The quantitative estimate of drug-likeness (QED) is 0.930. The molecule has 0 aliphatic carbocycles. The molecule has 2 rings (SSSR count). The van der Waals surface area contributed by atoms with E-state index in [9.17, 15) is 18.0 Å². The number of ether oxygens (including phenoxy) is 1. The number of halogens is 3. The number of benzene rings is 2. The van der Waals surface area contributed by atoms with Crippen LogP contribution in [0.3, 0.4) is 0 Å². The molecule has 0 heterocycles. The number of methoxy groups -OCH3 is 1. The summed E-state index contributed by atoms with van der Waals surface area (Å²) in [7, 11) is 1.47. The van der Waals surface area contributed by atoms with Crippen molar-refractivity contribution in [3.05, 3.63) is 59.7 Å². The fourth-order valence-corrected chi connectivity index (χ4v) is 1.99. The lowest BCUT2D eigenvalue weighted by Crippen LogP contribution is -2.15. The van der Waals surface area contributed by atoms with E-state index in [4.69, 9.17) is 4.74 Å². The summed E-state index contributed by atoms with van der Waals surface area (Å²) in [4.78, 5) is 12.0. The van der Waals surface area contributed by atoms with E-state index < -0.39 is 17.6 Å². The number of nitrogens with one attached hydrogen (secondary N) is 1. The van der Waals surface area contributed by atoms with Gasteiger partial charge in [0.15, 0.2) is 0 Å². The van der Waals surface area contributed by atoms with E-state index in [0.29, 0.717) is 17.0 Å². The molecule has 0 unspecified atom stereocenters. The van der Waals surface area contributed by atoms with Crippen molar-refractivity contribution in [1.82, 2.24) is 0 Å². The van der Waals surface area contributed by atoms with Crippen LogP contribution in [0.2, 0.25) is 0 Å². The standard InChI is InChI=1S/C16H14F3NO2/c1-22-14-8-3-2-7-13(14)20-15(21)10-11-5-4-6-12(9-11)16(17,18)19/h2-9H,10H2,1H3,(H,20,21). The van der Waals surface area contributed by atoms with Crippen molar-refractivity contribution in [3.8, 4) is 5.75 Å². The summed E-state index contributed by atoms with van der Waals surface area (Å²) < 4.78 is 43.0. The Balaban J connectivity index is 2.09. The van der Waals surface area contributed by atoms with Crippen molar-refractivity contribution < 1.29 is 22.7 Å². The van der Waals surface area contributed by atoms with Crippen LogP contribution in [-0.4, -0.2) is 13.0 Å². The number of amides is 1. The topological polar surface area (TPSA) is 38.3 Å². The van der Waals surface area contributed by atoms with Crippen LogP contribution in [-0.2, 0) is 17.4 Å². The molecule has 1 N–H and O–H groups in total. The molecular weight excluding hydrogens is 295 g/mol. The smallest absolute Gasteiger partial charge is 0.416 e. The molecule has 0 aromatic heterocycles. The lowest BCUT2D eigenvalue weighted by molar-refractivity contribution is -0.137. The van der Waals surface area contributed by atoms with Crippen LogP contribution >= 0.6 is 0 Å². The summed E-state index contributed by atoms with van der Waals surface area (Å²) in [6.07, 6.45) is -4.57. The number of hydrogen-bond acceptors (Lipinski definition) is 2. The number of anilines is 1. The van der Waals surface area contributed by atoms with Gasteiger partial charge >= 0.3 is 6.18 Å². The van der Waals surface area contributed by atoms with Gasteiger partial charge in [0.25, 0.3) is 0 Å². The zero-order chi connectivity index (χ0) is 16.2. The van der Waals surface area contributed by atoms with Crippen LogP contribution < -0.4 is 10.1 Å². The zero-order valence-electron chi connectivity index (χ0n) is 11.8. The van der Waals surface area contributed by atoms with Crippen LogP contribution in [0.1, 0.15) is 11.1 Å². The molecule has 22 heavy (non-hydrogen) atoms. The van der Waals surface area contributed by atoms with E-state index in [-0.39, 0.29) is 6.42 Å². The highest BCUT2D eigenvalue weighted by atomic mass is 19.4. The first-order valence-corrected chi connectivity index (χ1v) is 6.49. The molecule has 3 nitrogen and oxygen atoms in total. The highest BCUT2D eigenvalue weighted by molar-refractivity contribution is 5.93. The summed E-state index contributed by atoms with van der Waals surface area (Å²) in [6.45, 7) is 0. The van der Waals surface area contributed by atoms with Gasteiger partial charge in [0.2, 0.25) is 5.91 Å². The van der Waals surface area contributed by atoms with Crippen molar-refractivity contribution in [1.29, 1.82) is 0 Å². The van der Waals surface area contributed by atoms with Crippen LogP contribution in [0.15, 0.2) is 48.5 Å². The van der Waals surface area contributed by atoms with E-state index in [1.807, 2.05) is 0 Å². The van der Waals surface area contributed by atoms with Crippen molar-refractivity contribution >= 4 is 11.6 Å². The Hall–Kier alpha value is -2.50. The lowest BCUT2D eigenvalue weighted by Gasteiger charge is -2.11. The van der Waals surface area contributed by atoms with Crippen LogP contribution in [0.4, 0.5) is 18.9 Å². The Kier molecular flexibility index (Phi) is 4.70. The number of carbonyl (C=O) groups excluding carboxylic acids is 1. The summed E-state index contributed by atoms with van der Waals surface area (Å²) in [6, 6.07) is 11.5. The summed E-state index contributed by atoms with van der Waals surface area (Å²) in [5.74, 6) is 0.0729. The maximum absolute atomic E-state index is 12.6. The second-order valence-corrected chi connectivity index (χ2v) is 4.62. The molecule has 1 amide bonds. The zero-order valence-corrected chi connectivity index (χ0v) is 11.8. The molecule has 0 atom stereocenters. The molecule has 0 fully saturated rings. The van der Waals surface area contributed by atoms with E-state index in [0.717, 1.165) is 12.1 Å². The van der Waals surface area contributed by atoms with Gasteiger partial charge in [-0.3, -0.25) is 4.79 Å². The summed E-state index contributed by atoms with van der Waals surface area (Å²) >= 11 is 0. The monoisotopic (exact) mass is 309 g/mol. The van der Waals surface area contributed by atoms with Crippen molar-refractivity contribution in [2.24, 2.45) is 0 Å². The number of carbonyl (C=O) groups is 1. The third kappa shape index (κ3) is 4.00.